The van der Waals surface area contributed by atoms with Crippen molar-refractivity contribution in [2.45, 2.75) is 0 Å². The number of carbonyl (C=O) groups excluding carboxylic acids is 2. The van der Waals surface area contributed by atoms with Crippen molar-refractivity contribution in [1.29, 1.82) is 0 Å². The highest BCUT2D eigenvalue weighted by molar-refractivity contribution is 5.95. The van der Waals surface area contributed by atoms with Gasteiger partial charge in [-0.15, -0.1) is 0 Å². The molecule has 0 atom stereocenters. The number of rotatable bonds is 5. The Labute approximate surface area is 138 Å². The maximum Gasteiger partial charge on any atom is 0.349 e. The normalized spacial score (nSPS) is 12.5. The third-order valence-corrected chi connectivity index (χ3v) is 3.22. The van der Waals surface area contributed by atoms with E-state index in [-0.39, 0.29) is 19.1 Å². The van der Waals surface area contributed by atoms with E-state index in [1.165, 1.54) is 6.07 Å². The lowest BCUT2D eigenvalue weighted by atomic mass is 10.2. The summed E-state index contributed by atoms with van der Waals surface area (Å²) in [4.78, 5) is 23.1. The van der Waals surface area contributed by atoms with E-state index < -0.39 is 5.97 Å². The lowest BCUT2D eigenvalue weighted by Gasteiger charge is -2.18. The summed E-state index contributed by atoms with van der Waals surface area (Å²) < 4.78 is 20.9. The molecule has 1 heterocycles. The van der Waals surface area contributed by atoms with Gasteiger partial charge in [-0.3, -0.25) is 4.79 Å². The van der Waals surface area contributed by atoms with Crippen molar-refractivity contribution in [2.24, 2.45) is 0 Å². The largest absolute Gasteiger partial charge is 0.497 e. The molecule has 3 rings (SSSR count). The van der Waals surface area contributed by atoms with Gasteiger partial charge in [-0.2, -0.15) is 0 Å². The van der Waals surface area contributed by atoms with E-state index >= 15 is 0 Å². The number of hydrogen-bond acceptors (Lipinski definition) is 6. The zero-order valence-electron chi connectivity index (χ0n) is 12.9. The molecule has 0 aromatic heterocycles. The average molecular weight is 329 g/mol. The Hall–Kier alpha value is -3.22. The minimum atomic E-state index is -0.558. The molecule has 0 fully saturated rings. The van der Waals surface area contributed by atoms with Crippen molar-refractivity contribution in [3.8, 4) is 23.0 Å². The van der Waals surface area contributed by atoms with Crippen LogP contribution in [0.4, 0.5) is 5.69 Å². The molecule has 7 nitrogen and oxygen atoms in total. The molecule has 2 aromatic carbocycles. The molecule has 0 saturated heterocycles. The fourth-order valence-electron chi connectivity index (χ4n) is 2.11. The maximum absolute atomic E-state index is 11.9. The lowest BCUT2D eigenvalue weighted by Crippen LogP contribution is -2.25. The summed E-state index contributed by atoms with van der Waals surface area (Å²) >= 11 is 0. The minimum Gasteiger partial charge on any atom is -0.497 e. The fourth-order valence-corrected chi connectivity index (χ4v) is 2.11. The van der Waals surface area contributed by atoms with Gasteiger partial charge in [-0.25, -0.2) is 4.79 Å². The molecule has 24 heavy (non-hydrogen) atoms. The summed E-state index contributed by atoms with van der Waals surface area (Å²) in [6.45, 7) is -0.314. The van der Waals surface area contributed by atoms with Crippen LogP contribution in [0.2, 0.25) is 0 Å². The van der Waals surface area contributed by atoms with Crippen molar-refractivity contribution < 1.29 is 28.5 Å². The van der Waals surface area contributed by atoms with Gasteiger partial charge in [0.25, 0.3) is 5.91 Å². The van der Waals surface area contributed by atoms with E-state index in [0.29, 0.717) is 28.7 Å². The average Bonchev–Trinajstić information content (AvgIpc) is 2.60. The molecule has 1 aliphatic heterocycles. The third-order valence-electron chi connectivity index (χ3n) is 3.22. The van der Waals surface area contributed by atoms with E-state index in [2.05, 4.69) is 5.32 Å². The van der Waals surface area contributed by atoms with Crippen LogP contribution in [0.5, 0.6) is 23.0 Å². The number of hydrogen-bond donors (Lipinski definition) is 1. The van der Waals surface area contributed by atoms with Crippen molar-refractivity contribution in [3.63, 3.8) is 0 Å². The highest BCUT2D eigenvalue weighted by Crippen LogP contribution is 2.31. The Bertz CT molecular complexity index is 773. The summed E-state index contributed by atoms with van der Waals surface area (Å²) in [6, 6.07) is 11.6. The van der Waals surface area contributed by atoms with Crippen molar-refractivity contribution >= 4 is 17.6 Å². The summed E-state index contributed by atoms with van der Waals surface area (Å²) in [5.74, 6) is 1.12. The van der Waals surface area contributed by atoms with Crippen LogP contribution in [-0.2, 0) is 9.59 Å². The zero-order valence-corrected chi connectivity index (χ0v) is 12.9. The molecule has 0 bridgehead atoms. The lowest BCUT2D eigenvalue weighted by molar-refractivity contribution is -0.136. The first-order chi connectivity index (χ1) is 11.6. The molecular formula is C17H15NO6. The summed E-state index contributed by atoms with van der Waals surface area (Å²) in [5.41, 5.74) is 0.540. The number of methoxy groups -OCH3 is 1. The number of esters is 1. The first-order valence-corrected chi connectivity index (χ1v) is 7.18. The number of amides is 1. The number of benzene rings is 2. The quantitative estimate of drug-likeness (QED) is 0.667. The fraction of sp³-hybridized carbons (Fsp3) is 0.176. The number of nitrogens with one attached hydrogen (secondary N) is 1. The van der Waals surface area contributed by atoms with E-state index in [9.17, 15) is 9.59 Å². The van der Waals surface area contributed by atoms with Gasteiger partial charge in [0.1, 0.15) is 23.0 Å². The molecule has 0 spiro atoms. The van der Waals surface area contributed by atoms with Gasteiger partial charge in [0, 0.05) is 12.1 Å². The van der Waals surface area contributed by atoms with Crippen LogP contribution < -0.4 is 24.3 Å². The molecule has 0 saturated carbocycles. The molecule has 0 aliphatic carbocycles. The van der Waals surface area contributed by atoms with Gasteiger partial charge in [0.15, 0.2) is 13.2 Å². The molecule has 2 aromatic rings. The van der Waals surface area contributed by atoms with Crippen molar-refractivity contribution in [1.82, 2.24) is 0 Å². The SMILES string of the molecule is COc1cccc(OCC(=O)Oc2ccc3c(c2)OCC(=O)N3)c1. The monoisotopic (exact) mass is 329 g/mol. The first-order valence-electron chi connectivity index (χ1n) is 7.18. The van der Waals surface area contributed by atoms with E-state index in [4.69, 9.17) is 18.9 Å². The predicted molar refractivity (Wildman–Crippen MR) is 84.7 cm³/mol. The van der Waals surface area contributed by atoms with E-state index in [1.54, 1.807) is 43.5 Å². The van der Waals surface area contributed by atoms with Gasteiger partial charge >= 0.3 is 5.97 Å². The Morgan fingerprint density at radius 3 is 2.83 bits per heavy atom. The van der Waals surface area contributed by atoms with Gasteiger partial charge in [-0.1, -0.05) is 6.07 Å². The van der Waals surface area contributed by atoms with Crippen LogP contribution in [-0.4, -0.2) is 32.2 Å². The molecule has 0 unspecified atom stereocenters. The number of anilines is 1. The van der Waals surface area contributed by atoms with Gasteiger partial charge < -0.3 is 24.3 Å². The molecule has 1 N–H and O–H groups in total. The number of carbonyl (C=O) groups is 2. The van der Waals surface area contributed by atoms with Gasteiger partial charge in [0.2, 0.25) is 0 Å². The van der Waals surface area contributed by atoms with Crippen LogP contribution >= 0.6 is 0 Å². The van der Waals surface area contributed by atoms with Crippen LogP contribution in [0.15, 0.2) is 42.5 Å². The predicted octanol–water partition coefficient (Wildman–Crippen LogP) is 2.01. The van der Waals surface area contributed by atoms with Crippen LogP contribution in [0.25, 0.3) is 0 Å². The van der Waals surface area contributed by atoms with Crippen LogP contribution in [0, 0.1) is 0 Å². The molecule has 0 radical (unpaired) electrons. The van der Waals surface area contributed by atoms with E-state index in [0.717, 1.165) is 0 Å². The second-order valence-corrected chi connectivity index (χ2v) is 4.94. The Balaban J connectivity index is 1.58. The molecule has 124 valence electrons. The standard InChI is InChI=1S/C17H15NO6/c1-21-11-3-2-4-12(7-11)22-10-17(20)24-13-5-6-14-15(8-13)23-9-16(19)18-14/h2-8H,9-10H2,1H3,(H,18,19). The van der Waals surface area contributed by atoms with Gasteiger partial charge in [-0.05, 0) is 24.3 Å². The minimum absolute atomic E-state index is 0.0661. The topological polar surface area (TPSA) is 83.1 Å². The van der Waals surface area contributed by atoms with Crippen LogP contribution in [0.3, 0.4) is 0 Å². The molecule has 1 aliphatic rings. The maximum atomic E-state index is 11.9. The summed E-state index contributed by atoms with van der Waals surface area (Å²) in [7, 11) is 1.55. The third kappa shape index (κ3) is 3.75. The summed E-state index contributed by atoms with van der Waals surface area (Å²) in [6.07, 6.45) is 0. The first kappa shape index (κ1) is 15.7. The van der Waals surface area contributed by atoms with E-state index in [1.807, 2.05) is 0 Å². The van der Waals surface area contributed by atoms with Crippen molar-refractivity contribution in [2.75, 3.05) is 25.6 Å². The second-order valence-electron chi connectivity index (χ2n) is 4.94. The highest BCUT2D eigenvalue weighted by Gasteiger charge is 2.17. The number of fused-ring (bicyclic) bond motifs is 1. The Morgan fingerprint density at radius 1 is 1.17 bits per heavy atom. The summed E-state index contributed by atoms with van der Waals surface area (Å²) in [5, 5.41) is 2.66. The molecular weight excluding hydrogens is 314 g/mol. The Morgan fingerprint density at radius 2 is 2.00 bits per heavy atom. The second kappa shape index (κ2) is 6.91. The zero-order chi connectivity index (χ0) is 16.9. The number of ether oxygens (including phenoxy) is 4. The smallest absolute Gasteiger partial charge is 0.349 e. The molecule has 1 amide bonds. The van der Waals surface area contributed by atoms with Gasteiger partial charge in [0.05, 0.1) is 12.8 Å². The highest BCUT2D eigenvalue weighted by atomic mass is 16.6. The Kier molecular flexibility index (Phi) is 4.51. The molecule has 7 heteroatoms. The van der Waals surface area contributed by atoms with Crippen molar-refractivity contribution in [3.05, 3.63) is 42.5 Å². The van der Waals surface area contributed by atoms with Crippen LogP contribution in [0.1, 0.15) is 0 Å².